The third-order valence-electron chi connectivity index (χ3n) is 4.66. The zero-order valence-electron chi connectivity index (χ0n) is 17.1. The molecule has 0 unspecified atom stereocenters. The summed E-state index contributed by atoms with van der Waals surface area (Å²) in [5.41, 5.74) is 1.16. The Morgan fingerprint density at radius 1 is 1.13 bits per heavy atom. The van der Waals surface area contributed by atoms with Crippen LogP contribution in [0.2, 0.25) is 0 Å². The second-order valence-electron chi connectivity index (χ2n) is 6.80. The van der Waals surface area contributed by atoms with Crippen LogP contribution < -0.4 is 9.47 Å². The van der Waals surface area contributed by atoms with Gasteiger partial charge in [0.15, 0.2) is 17.3 Å². The van der Waals surface area contributed by atoms with Gasteiger partial charge in [-0.2, -0.15) is 0 Å². The highest BCUT2D eigenvalue weighted by molar-refractivity contribution is 8.18. The minimum Gasteiger partial charge on any atom is -0.493 e. The molecule has 2 amide bonds. The Morgan fingerprint density at radius 2 is 1.87 bits per heavy atom. The Labute approximate surface area is 179 Å². The smallest absolute Gasteiger partial charge is 0.293 e. The summed E-state index contributed by atoms with van der Waals surface area (Å²) in [6.07, 6.45) is 2.52. The lowest BCUT2D eigenvalue weighted by atomic mass is 10.1. The van der Waals surface area contributed by atoms with Gasteiger partial charge in [0.25, 0.3) is 11.1 Å². The van der Waals surface area contributed by atoms with Crippen molar-refractivity contribution < 1.29 is 23.9 Å². The quantitative estimate of drug-likeness (QED) is 0.447. The third kappa shape index (κ3) is 4.91. The Balaban J connectivity index is 1.77. The lowest BCUT2D eigenvalue weighted by molar-refractivity contribution is -0.122. The highest BCUT2D eigenvalue weighted by atomic mass is 32.2. The van der Waals surface area contributed by atoms with Crippen molar-refractivity contribution in [2.75, 3.05) is 13.7 Å². The fourth-order valence-corrected chi connectivity index (χ4v) is 3.66. The van der Waals surface area contributed by atoms with Gasteiger partial charge in [-0.1, -0.05) is 43.3 Å². The summed E-state index contributed by atoms with van der Waals surface area (Å²) in [5.74, 6) is 0.397. The van der Waals surface area contributed by atoms with Gasteiger partial charge in [-0.05, 0) is 48.9 Å². The standard InChI is InChI=1S/C23H23NO5S/c1-4-15(2)29-19-11-10-16(12-20(19)28-3)13-21-22(26)24(23(27)30-21)14-18(25)17-8-6-5-7-9-17/h5-13,15H,4,14H2,1-3H3/b21-13-/t15-/m1/s1. The highest BCUT2D eigenvalue weighted by Crippen LogP contribution is 2.35. The third-order valence-corrected chi connectivity index (χ3v) is 5.57. The summed E-state index contributed by atoms with van der Waals surface area (Å²) in [7, 11) is 1.55. The van der Waals surface area contributed by atoms with Crippen LogP contribution in [0.5, 0.6) is 11.5 Å². The molecule has 0 aliphatic carbocycles. The van der Waals surface area contributed by atoms with Crippen molar-refractivity contribution in [2.45, 2.75) is 26.4 Å². The maximum absolute atomic E-state index is 12.7. The zero-order chi connectivity index (χ0) is 21.7. The zero-order valence-corrected chi connectivity index (χ0v) is 17.9. The van der Waals surface area contributed by atoms with Gasteiger partial charge in [0, 0.05) is 5.56 Å². The molecule has 1 saturated heterocycles. The molecular weight excluding hydrogens is 402 g/mol. The Bertz CT molecular complexity index is 986. The second kappa shape index (κ2) is 9.63. The minimum atomic E-state index is -0.479. The number of methoxy groups -OCH3 is 1. The number of hydrogen-bond acceptors (Lipinski definition) is 6. The lowest BCUT2D eigenvalue weighted by Gasteiger charge is -2.15. The van der Waals surface area contributed by atoms with E-state index in [0.717, 1.165) is 23.1 Å². The molecule has 0 spiro atoms. The van der Waals surface area contributed by atoms with Gasteiger partial charge in [-0.15, -0.1) is 0 Å². The first-order valence-electron chi connectivity index (χ1n) is 9.61. The average Bonchev–Trinajstić information content (AvgIpc) is 3.02. The van der Waals surface area contributed by atoms with Crippen LogP contribution in [0.3, 0.4) is 0 Å². The van der Waals surface area contributed by atoms with Crippen molar-refractivity contribution in [3.63, 3.8) is 0 Å². The molecule has 30 heavy (non-hydrogen) atoms. The molecule has 3 rings (SSSR count). The Kier molecular flexibility index (Phi) is 6.95. The van der Waals surface area contributed by atoms with Crippen LogP contribution in [-0.4, -0.2) is 41.6 Å². The van der Waals surface area contributed by atoms with E-state index in [-0.39, 0.29) is 23.3 Å². The number of carbonyl (C=O) groups excluding carboxylic acids is 3. The molecule has 1 aliphatic rings. The molecular formula is C23H23NO5S. The van der Waals surface area contributed by atoms with Crippen molar-refractivity contribution in [1.29, 1.82) is 0 Å². The van der Waals surface area contributed by atoms with Crippen LogP contribution in [0.25, 0.3) is 6.08 Å². The average molecular weight is 426 g/mol. The molecule has 1 heterocycles. The Morgan fingerprint density at radius 3 is 2.53 bits per heavy atom. The van der Waals surface area contributed by atoms with Crippen LogP contribution in [0.4, 0.5) is 4.79 Å². The van der Waals surface area contributed by atoms with Gasteiger partial charge in [0.05, 0.1) is 24.7 Å². The SMILES string of the molecule is CC[C@@H](C)Oc1ccc(/C=C2\SC(=O)N(CC(=O)c3ccccc3)C2=O)cc1OC. The van der Waals surface area contributed by atoms with E-state index in [4.69, 9.17) is 9.47 Å². The van der Waals surface area contributed by atoms with Crippen molar-refractivity contribution in [1.82, 2.24) is 4.90 Å². The van der Waals surface area contributed by atoms with Gasteiger partial charge in [-0.3, -0.25) is 19.3 Å². The fraction of sp³-hybridized carbons (Fsp3) is 0.261. The molecule has 0 radical (unpaired) electrons. The molecule has 7 heteroatoms. The second-order valence-corrected chi connectivity index (χ2v) is 7.80. The Hall–Kier alpha value is -3.06. The molecule has 1 fully saturated rings. The molecule has 0 N–H and O–H groups in total. The van der Waals surface area contributed by atoms with E-state index in [1.807, 2.05) is 13.8 Å². The molecule has 156 valence electrons. The largest absolute Gasteiger partial charge is 0.493 e. The van der Waals surface area contributed by atoms with E-state index < -0.39 is 11.1 Å². The van der Waals surface area contributed by atoms with Crippen LogP contribution in [-0.2, 0) is 4.79 Å². The van der Waals surface area contributed by atoms with Crippen molar-refractivity contribution in [3.05, 3.63) is 64.6 Å². The fourth-order valence-electron chi connectivity index (χ4n) is 2.82. The summed E-state index contributed by atoms with van der Waals surface area (Å²) >= 11 is 0.820. The number of benzene rings is 2. The summed E-state index contributed by atoms with van der Waals surface area (Å²) in [6.45, 7) is 3.72. The number of carbonyl (C=O) groups is 3. The lowest BCUT2D eigenvalue weighted by Crippen LogP contribution is -2.33. The number of thioether (sulfide) groups is 1. The number of rotatable bonds is 8. The predicted octanol–water partition coefficient (Wildman–Crippen LogP) is 4.79. The minimum absolute atomic E-state index is 0.0448. The van der Waals surface area contributed by atoms with Gasteiger partial charge in [0.1, 0.15) is 0 Å². The van der Waals surface area contributed by atoms with Crippen LogP contribution in [0.1, 0.15) is 36.2 Å². The first-order chi connectivity index (χ1) is 14.4. The van der Waals surface area contributed by atoms with Crippen molar-refractivity contribution >= 4 is 34.8 Å². The molecule has 0 bridgehead atoms. The summed E-state index contributed by atoms with van der Waals surface area (Å²) in [6, 6.07) is 13.9. The van der Waals surface area contributed by atoms with Crippen LogP contribution >= 0.6 is 11.8 Å². The predicted molar refractivity (Wildman–Crippen MR) is 117 cm³/mol. The number of nitrogens with zero attached hydrogens (tertiary/aromatic N) is 1. The topological polar surface area (TPSA) is 72.9 Å². The van der Waals surface area contributed by atoms with Gasteiger partial charge in [-0.25, -0.2) is 0 Å². The monoisotopic (exact) mass is 425 g/mol. The molecule has 2 aromatic rings. The number of ether oxygens (including phenoxy) is 2. The van der Waals surface area contributed by atoms with Gasteiger partial charge < -0.3 is 9.47 Å². The number of imide groups is 1. The number of ketones is 1. The van der Waals surface area contributed by atoms with E-state index in [1.54, 1.807) is 61.7 Å². The van der Waals surface area contributed by atoms with Gasteiger partial charge in [0.2, 0.25) is 0 Å². The van der Waals surface area contributed by atoms with Crippen LogP contribution in [0.15, 0.2) is 53.4 Å². The number of Topliss-reactive ketones (excluding diaryl/α,β-unsaturated/α-hetero) is 1. The first-order valence-corrected chi connectivity index (χ1v) is 10.4. The van der Waals surface area contributed by atoms with E-state index in [2.05, 4.69) is 0 Å². The number of amides is 2. The van der Waals surface area contributed by atoms with Gasteiger partial charge >= 0.3 is 0 Å². The van der Waals surface area contributed by atoms with E-state index in [0.29, 0.717) is 22.6 Å². The molecule has 1 aliphatic heterocycles. The normalized spacial score (nSPS) is 16.1. The van der Waals surface area contributed by atoms with E-state index >= 15 is 0 Å². The maximum Gasteiger partial charge on any atom is 0.293 e. The van der Waals surface area contributed by atoms with E-state index in [9.17, 15) is 14.4 Å². The molecule has 1 atom stereocenters. The summed E-state index contributed by atoms with van der Waals surface area (Å²) in [5, 5.41) is -0.459. The molecule has 6 nitrogen and oxygen atoms in total. The highest BCUT2D eigenvalue weighted by Gasteiger charge is 2.36. The first kappa shape index (κ1) is 21.6. The summed E-state index contributed by atoms with van der Waals surface area (Å²) in [4.78, 5) is 38.6. The molecule has 0 saturated carbocycles. The summed E-state index contributed by atoms with van der Waals surface area (Å²) < 4.78 is 11.2. The maximum atomic E-state index is 12.7. The molecule has 2 aromatic carbocycles. The van der Waals surface area contributed by atoms with Crippen LogP contribution in [0, 0.1) is 0 Å². The number of hydrogen-bond donors (Lipinski definition) is 0. The van der Waals surface area contributed by atoms with Crippen molar-refractivity contribution in [3.8, 4) is 11.5 Å². The van der Waals surface area contributed by atoms with E-state index in [1.165, 1.54) is 0 Å². The van der Waals surface area contributed by atoms with Crippen molar-refractivity contribution in [2.24, 2.45) is 0 Å². The molecule has 0 aromatic heterocycles.